The minimum Gasteiger partial charge on any atom is -0.497 e. The van der Waals surface area contributed by atoms with Crippen molar-refractivity contribution in [2.45, 2.75) is 43.5 Å². The number of carbonyl (C=O) groups is 1. The Labute approximate surface area is 207 Å². The zero-order chi connectivity index (χ0) is 25.0. The highest BCUT2D eigenvalue weighted by molar-refractivity contribution is 7.89. The largest absolute Gasteiger partial charge is 0.497 e. The van der Waals surface area contributed by atoms with Gasteiger partial charge in [0.2, 0.25) is 10.0 Å². The summed E-state index contributed by atoms with van der Waals surface area (Å²) in [6.45, 7) is 2.95. The van der Waals surface area contributed by atoms with E-state index in [0.29, 0.717) is 30.1 Å². The van der Waals surface area contributed by atoms with Crippen LogP contribution < -0.4 is 9.64 Å². The number of aryl methyl sites for hydroxylation is 1. The average molecular weight is 497 g/mol. The lowest BCUT2D eigenvalue weighted by atomic mass is 10.0. The van der Waals surface area contributed by atoms with Crippen LogP contribution in [0.1, 0.15) is 54.6 Å². The van der Waals surface area contributed by atoms with Crippen LogP contribution >= 0.6 is 0 Å². The molecule has 8 nitrogen and oxygen atoms in total. The number of sulfonamides is 1. The van der Waals surface area contributed by atoms with Gasteiger partial charge in [0.15, 0.2) is 0 Å². The first-order valence-electron chi connectivity index (χ1n) is 11.9. The van der Waals surface area contributed by atoms with Crippen molar-refractivity contribution in [3.05, 3.63) is 72.1 Å². The standard InChI is InChI=1S/C26H32N4O4S/c1-20(21-10-8-12-24(16-21)34-3)30(23-18-27-28(2)19-23)26(31)22-11-9-13-25(17-22)35(32,33)29-14-6-4-5-7-15-29/h8-13,16-20H,4-7,14-15H2,1-3H3/t20-/m0/s1. The summed E-state index contributed by atoms with van der Waals surface area (Å²) in [5.41, 5.74) is 1.81. The SMILES string of the molecule is COc1cccc([C@H](C)N(C(=O)c2cccc(S(=O)(=O)N3CCCCCC3)c2)c2cnn(C)c2)c1. The predicted octanol–water partition coefficient (Wildman–Crippen LogP) is 4.40. The van der Waals surface area contributed by atoms with Crippen molar-refractivity contribution in [2.75, 3.05) is 25.1 Å². The van der Waals surface area contributed by atoms with E-state index < -0.39 is 10.0 Å². The minimum absolute atomic E-state index is 0.144. The summed E-state index contributed by atoms with van der Waals surface area (Å²) in [6, 6.07) is 13.6. The van der Waals surface area contributed by atoms with Gasteiger partial charge in [-0.3, -0.25) is 14.4 Å². The second-order valence-corrected chi connectivity index (χ2v) is 10.8. The molecule has 1 aromatic heterocycles. The summed E-state index contributed by atoms with van der Waals surface area (Å²) >= 11 is 0. The van der Waals surface area contributed by atoms with Gasteiger partial charge in [-0.15, -0.1) is 0 Å². The molecule has 1 aliphatic heterocycles. The molecule has 3 aromatic rings. The second kappa shape index (κ2) is 10.6. The maximum absolute atomic E-state index is 13.9. The molecule has 0 aliphatic carbocycles. The number of methoxy groups -OCH3 is 1. The third-order valence-corrected chi connectivity index (χ3v) is 8.33. The van der Waals surface area contributed by atoms with E-state index in [2.05, 4.69) is 5.10 Å². The Hall–Kier alpha value is -3.17. The van der Waals surface area contributed by atoms with Gasteiger partial charge in [0, 0.05) is 31.9 Å². The molecule has 35 heavy (non-hydrogen) atoms. The molecule has 1 amide bonds. The van der Waals surface area contributed by atoms with Crippen molar-refractivity contribution in [1.29, 1.82) is 0 Å². The molecular formula is C26H32N4O4S. The van der Waals surface area contributed by atoms with E-state index in [1.165, 1.54) is 6.07 Å². The lowest BCUT2D eigenvalue weighted by Gasteiger charge is -2.29. The normalized spacial score (nSPS) is 15.9. The van der Waals surface area contributed by atoms with Gasteiger partial charge < -0.3 is 4.74 Å². The van der Waals surface area contributed by atoms with Gasteiger partial charge >= 0.3 is 0 Å². The van der Waals surface area contributed by atoms with Crippen molar-refractivity contribution in [1.82, 2.24) is 14.1 Å². The van der Waals surface area contributed by atoms with Gasteiger partial charge in [-0.2, -0.15) is 9.40 Å². The fourth-order valence-electron chi connectivity index (χ4n) is 4.46. The summed E-state index contributed by atoms with van der Waals surface area (Å²) in [4.78, 5) is 15.7. The minimum atomic E-state index is -3.68. The molecule has 2 aromatic carbocycles. The van der Waals surface area contributed by atoms with Gasteiger partial charge in [0.05, 0.1) is 29.9 Å². The van der Waals surface area contributed by atoms with E-state index in [9.17, 15) is 13.2 Å². The number of benzene rings is 2. The van der Waals surface area contributed by atoms with Gasteiger partial charge in [0.25, 0.3) is 5.91 Å². The molecule has 1 fully saturated rings. The Bertz CT molecular complexity index is 1280. The summed E-state index contributed by atoms with van der Waals surface area (Å²) < 4.78 is 35.3. The van der Waals surface area contributed by atoms with E-state index >= 15 is 0 Å². The first-order chi connectivity index (χ1) is 16.8. The van der Waals surface area contributed by atoms with Crippen molar-refractivity contribution >= 4 is 21.6 Å². The quantitative estimate of drug-likeness (QED) is 0.484. The van der Waals surface area contributed by atoms with Crippen LogP contribution in [0.25, 0.3) is 0 Å². The number of hydrogen-bond donors (Lipinski definition) is 0. The van der Waals surface area contributed by atoms with E-state index in [0.717, 1.165) is 31.2 Å². The van der Waals surface area contributed by atoms with E-state index in [1.54, 1.807) is 58.6 Å². The maximum Gasteiger partial charge on any atom is 0.258 e. The highest BCUT2D eigenvalue weighted by Crippen LogP contribution is 2.31. The number of ether oxygens (including phenoxy) is 1. The number of rotatable bonds is 7. The Morgan fingerprint density at radius 3 is 2.43 bits per heavy atom. The molecule has 0 spiro atoms. The van der Waals surface area contributed by atoms with Crippen LogP contribution in [-0.4, -0.2) is 48.6 Å². The maximum atomic E-state index is 13.9. The Kier molecular flexibility index (Phi) is 7.57. The van der Waals surface area contributed by atoms with Crippen molar-refractivity contribution in [2.24, 2.45) is 7.05 Å². The van der Waals surface area contributed by atoms with Crippen LogP contribution in [0.5, 0.6) is 5.75 Å². The van der Waals surface area contributed by atoms with E-state index in [4.69, 9.17) is 4.74 Å². The number of carbonyl (C=O) groups excluding carboxylic acids is 1. The number of amides is 1. The topological polar surface area (TPSA) is 84.7 Å². The average Bonchev–Trinajstić information content (AvgIpc) is 3.11. The van der Waals surface area contributed by atoms with Crippen molar-refractivity contribution in [3.63, 3.8) is 0 Å². The van der Waals surface area contributed by atoms with Crippen molar-refractivity contribution in [3.8, 4) is 5.75 Å². The van der Waals surface area contributed by atoms with Crippen LogP contribution in [0.15, 0.2) is 65.8 Å². The predicted molar refractivity (Wildman–Crippen MR) is 135 cm³/mol. The fraction of sp³-hybridized carbons (Fsp3) is 0.385. The van der Waals surface area contributed by atoms with Crippen LogP contribution in [0, 0.1) is 0 Å². The third kappa shape index (κ3) is 5.41. The number of anilines is 1. The molecule has 0 radical (unpaired) electrons. The molecule has 0 unspecified atom stereocenters. The Morgan fingerprint density at radius 2 is 1.77 bits per heavy atom. The molecule has 9 heteroatoms. The number of nitrogens with zero attached hydrogens (tertiary/aromatic N) is 4. The molecular weight excluding hydrogens is 464 g/mol. The van der Waals surface area contributed by atoms with Crippen LogP contribution in [-0.2, 0) is 17.1 Å². The van der Waals surface area contributed by atoms with Crippen molar-refractivity contribution < 1.29 is 17.9 Å². The van der Waals surface area contributed by atoms with Crippen LogP contribution in [0.3, 0.4) is 0 Å². The number of aromatic nitrogens is 2. The molecule has 1 saturated heterocycles. The smallest absolute Gasteiger partial charge is 0.258 e. The highest BCUT2D eigenvalue weighted by Gasteiger charge is 2.29. The number of hydrogen-bond acceptors (Lipinski definition) is 5. The summed E-state index contributed by atoms with van der Waals surface area (Å²) in [7, 11) is -0.290. The van der Waals surface area contributed by atoms with E-state index in [-0.39, 0.29) is 16.8 Å². The Balaban J connectivity index is 1.71. The highest BCUT2D eigenvalue weighted by atomic mass is 32.2. The molecule has 1 aliphatic rings. The summed E-state index contributed by atoms with van der Waals surface area (Å²) in [5, 5.41) is 4.25. The third-order valence-electron chi connectivity index (χ3n) is 6.44. The molecule has 186 valence electrons. The second-order valence-electron chi connectivity index (χ2n) is 8.85. The first kappa shape index (κ1) is 24.9. The molecule has 0 saturated carbocycles. The van der Waals surface area contributed by atoms with Gasteiger partial charge in [-0.25, -0.2) is 8.42 Å². The fourth-order valence-corrected chi connectivity index (χ4v) is 6.02. The zero-order valence-electron chi connectivity index (χ0n) is 20.4. The van der Waals surface area contributed by atoms with Crippen LogP contribution in [0.2, 0.25) is 0 Å². The molecule has 2 heterocycles. The first-order valence-corrected chi connectivity index (χ1v) is 13.3. The van der Waals surface area contributed by atoms with Gasteiger partial charge in [0.1, 0.15) is 5.75 Å². The lowest BCUT2D eigenvalue weighted by molar-refractivity contribution is 0.0978. The Morgan fingerprint density at radius 1 is 1.06 bits per heavy atom. The van der Waals surface area contributed by atoms with Gasteiger partial charge in [-0.05, 0) is 55.7 Å². The lowest BCUT2D eigenvalue weighted by Crippen LogP contribution is -2.34. The monoisotopic (exact) mass is 496 g/mol. The van der Waals surface area contributed by atoms with E-state index in [1.807, 2.05) is 31.2 Å². The molecule has 1 atom stereocenters. The molecule has 0 bridgehead atoms. The summed E-state index contributed by atoms with van der Waals surface area (Å²) in [6.07, 6.45) is 7.17. The van der Waals surface area contributed by atoms with Gasteiger partial charge in [-0.1, -0.05) is 31.0 Å². The molecule has 4 rings (SSSR count). The molecule has 0 N–H and O–H groups in total. The zero-order valence-corrected chi connectivity index (χ0v) is 21.2. The van der Waals surface area contributed by atoms with Crippen LogP contribution in [0.4, 0.5) is 5.69 Å². The summed E-state index contributed by atoms with van der Waals surface area (Å²) in [5.74, 6) is 0.389.